The molecule has 0 rings (SSSR count). The van der Waals surface area contributed by atoms with Gasteiger partial charge >= 0.3 is 6.03 Å². The summed E-state index contributed by atoms with van der Waals surface area (Å²) in [6.45, 7) is 7.89. The van der Waals surface area contributed by atoms with E-state index in [0.29, 0.717) is 6.54 Å². The summed E-state index contributed by atoms with van der Waals surface area (Å²) >= 11 is 0. The van der Waals surface area contributed by atoms with Crippen molar-refractivity contribution >= 4 is 6.03 Å². The lowest BCUT2D eigenvalue weighted by molar-refractivity contribution is 0.155. The molecular weight excluding hydrogens is 166 g/mol. The maximum Gasteiger partial charge on any atom is 0.320 e. The van der Waals surface area contributed by atoms with E-state index in [1.165, 1.54) is 0 Å². The number of nitrogens with two attached hydrogens (primary N) is 1. The van der Waals surface area contributed by atoms with Crippen LogP contribution in [-0.2, 0) is 0 Å². The zero-order valence-corrected chi connectivity index (χ0v) is 9.08. The smallest absolute Gasteiger partial charge is 0.320 e. The molecule has 0 aliphatic rings. The molecule has 0 aliphatic carbocycles. The molecule has 0 fully saturated rings. The van der Waals surface area contributed by atoms with Crippen LogP contribution in [0, 0.1) is 0 Å². The van der Waals surface area contributed by atoms with Gasteiger partial charge in [0.2, 0.25) is 0 Å². The Kier molecular flexibility index (Phi) is 5.46. The Bertz CT molecular complexity index is 157. The maximum atomic E-state index is 11.7. The minimum Gasteiger partial charge on any atom is -0.328 e. The number of amides is 2. The van der Waals surface area contributed by atoms with Crippen LogP contribution in [0.5, 0.6) is 0 Å². The number of hydrogen-bond acceptors (Lipinski definition) is 2. The molecule has 2 amide bonds. The monoisotopic (exact) mass is 187 g/mol. The van der Waals surface area contributed by atoms with E-state index in [-0.39, 0.29) is 12.1 Å². The van der Waals surface area contributed by atoms with E-state index in [1.807, 2.05) is 20.8 Å². The number of carbonyl (C=O) groups is 1. The molecule has 0 saturated heterocycles. The zero-order valence-electron chi connectivity index (χ0n) is 9.08. The van der Waals surface area contributed by atoms with Crippen LogP contribution in [0.1, 0.15) is 20.8 Å². The molecule has 0 aromatic rings. The van der Waals surface area contributed by atoms with Gasteiger partial charge in [0.15, 0.2) is 0 Å². The highest BCUT2D eigenvalue weighted by molar-refractivity contribution is 5.74. The molecule has 0 bridgehead atoms. The second kappa shape index (κ2) is 5.80. The normalized spacial score (nSPS) is 12.4. The van der Waals surface area contributed by atoms with Crippen molar-refractivity contribution < 1.29 is 4.79 Å². The van der Waals surface area contributed by atoms with Crippen molar-refractivity contribution in [2.75, 3.05) is 26.7 Å². The summed E-state index contributed by atoms with van der Waals surface area (Å²) in [5, 5.41) is 0. The molecule has 4 heteroatoms. The summed E-state index contributed by atoms with van der Waals surface area (Å²) in [5.41, 5.74) is 5.48. The van der Waals surface area contributed by atoms with Crippen molar-refractivity contribution in [2.24, 2.45) is 5.73 Å². The van der Waals surface area contributed by atoms with Gasteiger partial charge in [-0.25, -0.2) is 4.79 Å². The van der Waals surface area contributed by atoms with Crippen LogP contribution < -0.4 is 5.73 Å². The van der Waals surface area contributed by atoms with E-state index in [1.54, 1.807) is 16.8 Å². The summed E-state index contributed by atoms with van der Waals surface area (Å²) in [6.07, 6.45) is 0. The third-order valence-corrected chi connectivity index (χ3v) is 2.34. The van der Waals surface area contributed by atoms with Gasteiger partial charge in [0.25, 0.3) is 0 Å². The average molecular weight is 187 g/mol. The Morgan fingerprint density at radius 3 is 2.15 bits per heavy atom. The van der Waals surface area contributed by atoms with Gasteiger partial charge in [-0.15, -0.1) is 0 Å². The van der Waals surface area contributed by atoms with Crippen molar-refractivity contribution in [1.29, 1.82) is 0 Å². The van der Waals surface area contributed by atoms with Gasteiger partial charge in [0, 0.05) is 32.7 Å². The first-order valence-corrected chi connectivity index (χ1v) is 4.80. The molecule has 13 heavy (non-hydrogen) atoms. The molecule has 0 aromatic carbocycles. The van der Waals surface area contributed by atoms with Crippen LogP contribution in [0.2, 0.25) is 0 Å². The van der Waals surface area contributed by atoms with Gasteiger partial charge in [-0.2, -0.15) is 0 Å². The fraction of sp³-hybridized carbons (Fsp3) is 0.889. The van der Waals surface area contributed by atoms with E-state index in [9.17, 15) is 4.79 Å². The molecule has 0 spiro atoms. The van der Waals surface area contributed by atoms with Gasteiger partial charge in [-0.3, -0.25) is 0 Å². The molecule has 2 N–H and O–H groups in total. The Labute approximate surface area is 80.7 Å². The van der Waals surface area contributed by atoms with E-state index < -0.39 is 0 Å². The highest BCUT2D eigenvalue weighted by Gasteiger charge is 2.18. The summed E-state index contributed by atoms with van der Waals surface area (Å²) in [6, 6.07) is 0.163. The Hall–Kier alpha value is -0.770. The average Bonchev–Trinajstić information content (AvgIpc) is 2.17. The van der Waals surface area contributed by atoms with Crippen LogP contribution in [0.3, 0.4) is 0 Å². The number of carbonyl (C=O) groups excluding carboxylic acids is 1. The van der Waals surface area contributed by atoms with Crippen molar-refractivity contribution in [3.8, 4) is 0 Å². The summed E-state index contributed by atoms with van der Waals surface area (Å²) in [5.74, 6) is 0. The molecular formula is C9H21N3O. The molecule has 4 nitrogen and oxygen atoms in total. The fourth-order valence-corrected chi connectivity index (χ4v) is 1.06. The highest BCUT2D eigenvalue weighted by Crippen LogP contribution is 2.00. The first kappa shape index (κ1) is 12.2. The Morgan fingerprint density at radius 2 is 1.85 bits per heavy atom. The first-order chi connectivity index (χ1) is 6.08. The van der Waals surface area contributed by atoms with Crippen molar-refractivity contribution in [1.82, 2.24) is 9.80 Å². The molecule has 0 aromatic heterocycles. The summed E-state index contributed by atoms with van der Waals surface area (Å²) < 4.78 is 0. The number of likely N-dealkylation sites (N-methyl/N-ethyl adjacent to an activating group) is 1. The second-order valence-electron chi connectivity index (χ2n) is 3.15. The number of hydrogen-bond donors (Lipinski definition) is 1. The Balaban J connectivity index is 4.22. The van der Waals surface area contributed by atoms with Crippen molar-refractivity contribution in [3.63, 3.8) is 0 Å². The lowest BCUT2D eigenvalue weighted by atomic mass is 10.3. The molecule has 1 atom stereocenters. The van der Waals surface area contributed by atoms with Gasteiger partial charge < -0.3 is 15.5 Å². The van der Waals surface area contributed by atoms with Crippen molar-refractivity contribution in [2.45, 2.75) is 26.8 Å². The van der Waals surface area contributed by atoms with Gasteiger partial charge in [0.1, 0.15) is 0 Å². The van der Waals surface area contributed by atoms with Crippen LogP contribution in [0.15, 0.2) is 0 Å². The third-order valence-electron chi connectivity index (χ3n) is 2.34. The fourth-order valence-electron chi connectivity index (χ4n) is 1.06. The molecule has 0 saturated carbocycles. The maximum absolute atomic E-state index is 11.7. The SMILES string of the molecule is CCN(CC)C(=O)N(C)C(C)CN. The van der Waals surface area contributed by atoms with E-state index in [2.05, 4.69) is 0 Å². The minimum atomic E-state index is 0.0583. The van der Waals surface area contributed by atoms with Crippen molar-refractivity contribution in [3.05, 3.63) is 0 Å². The minimum absolute atomic E-state index is 0.0583. The summed E-state index contributed by atoms with van der Waals surface area (Å²) in [4.78, 5) is 15.2. The van der Waals surface area contributed by atoms with Crippen LogP contribution in [0.4, 0.5) is 4.79 Å². The van der Waals surface area contributed by atoms with Gasteiger partial charge in [-0.1, -0.05) is 0 Å². The standard InChI is InChI=1S/C9H21N3O/c1-5-12(6-2)9(13)11(4)8(3)7-10/h8H,5-7,10H2,1-4H3. The predicted molar refractivity (Wildman–Crippen MR) is 54.6 cm³/mol. The van der Waals surface area contributed by atoms with E-state index in [0.717, 1.165) is 13.1 Å². The highest BCUT2D eigenvalue weighted by atomic mass is 16.2. The molecule has 0 aliphatic heterocycles. The van der Waals surface area contributed by atoms with Crippen LogP contribution in [0.25, 0.3) is 0 Å². The molecule has 1 unspecified atom stereocenters. The predicted octanol–water partition coefficient (Wildman–Crippen LogP) is 0.727. The van der Waals surface area contributed by atoms with Crippen LogP contribution in [-0.4, -0.2) is 48.6 Å². The van der Waals surface area contributed by atoms with E-state index in [4.69, 9.17) is 5.73 Å². The number of nitrogens with zero attached hydrogens (tertiary/aromatic N) is 2. The molecule has 0 radical (unpaired) electrons. The lowest BCUT2D eigenvalue weighted by Gasteiger charge is -2.29. The van der Waals surface area contributed by atoms with Crippen LogP contribution >= 0.6 is 0 Å². The number of urea groups is 1. The third kappa shape index (κ3) is 3.22. The number of rotatable bonds is 4. The lowest BCUT2D eigenvalue weighted by Crippen LogP contribution is -2.47. The second-order valence-corrected chi connectivity index (χ2v) is 3.15. The largest absolute Gasteiger partial charge is 0.328 e. The van der Waals surface area contributed by atoms with Gasteiger partial charge in [-0.05, 0) is 20.8 Å². The van der Waals surface area contributed by atoms with Gasteiger partial charge in [0.05, 0.1) is 0 Å². The topological polar surface area (TPSA) is 49.6 Å². The summed E-state index contributed by atoms with van der Waals surface area (Å²) in [7, 11) is 1.79. The molecule has 0 heterocycles. The first-order valence-electron chi connectivity index (χ1n) is 4.80. The zero-order chi connectivity index (χ0) is 10.4. The molecule has 78 valence electrons. The Morgan fingerprint density at radius 1 is 1.38 bits per heavy atom. The van der Waals surface area contributed by atoms with E-state index >= 15 is 0 Å². The quantitative estimate of drug-likeness (QED) is 0.705.